The molecule has 160 valence electrons. The quantitative estimate of drug-likeness (QED) is 0.352. The number of nitrogen functional groups attached to an aromatic ring is 1. The second-order valence-electron chi connectivity index (χ2n) is 6.68. The van der Waals surface area contributed by atoms with Gasteiger partial charge in [-0.05, 0) is 36.2 Å². The van der Waals surface area contributed by atoms with Crippen molar-refractivity contribution in [2.75, 3.05) is 10.5 Å². The number of nitrogens with one attached hydrogen (secondary N) is 1. The number of benzene rings is 2. The lowest BCUT2D eigenvalue weighted by atomic mass is 10.1. The molecule has 0 aliphatic carbocycles. The summed E-state index contributed by atoms with van der Waals surface area (Å²) in [5.74, 6) is -1.01. The second-order valence-corrected chi connectivity index (χ2v) is 10.5. The number of hydrogen-bond acceptors (Lipinski definition) is 7. The fourth-order valence-electron chi connectivity index (χ4n) is 3.02. The molecule has 0 radical (unpaired) electrons. The molecule has 0 bridgehead atoms. The van der Waals surface area contributed by atoms with Crippen LogP contribution in [0.5, 0.6) is 0 Å². The maximum Gasteiger partial charge on any atom is 0.266 e. The highest BCUT2D eigenvalue weighted by Gasteiger charge is 2.26. The van der Waals surface area contributed by atoms with Crippen molar-refractivity contribution in [3.63, 3.8) is 0 Å². The number of sulfonamides is 1. The van der Waals surface area contributed by atoms with E-state index in [-0.39, 0.29) is 10.8 Å². The summed E-state index contributed by atoms with van der Waals surface area (Å²) >= 11 is 8.33. The van der Waals surface area contributed by atoms with E-state index in [0.29, 0.717) is 27.6 Å². The minimum atomic E-state index is -4.18. The van der Waals surface area contributed by atoms with Gasteiger partial charge in [-0.15, -0.1) is 22.7 Å². The van der Waals surface area contributed by atoms with Crippen LogP contribution in [0.1, 0.15) is 16.8 Å². The molecule has 2 aromatic heterocycles. The molecule has 11 heteroatoms. The molecule has 0 unspecified atom stereocenters. The van der Waals surface area contributed by atoms with E-state index >= 15 is 4.39 Å². The Balaban J connectivity index is 1.66. The van der Waals surface area contributed by atoms with Crippen molar-refractivity contribution < 1.29 is 12.8 Å². The van der Waals surface area contributed by atoms with Crippen LogP contribution in [-0.2, 0) is 16.4 Å². The minimum Gasteiger partial charge on any atom is -0.396 e. The number of nitrogens with zero attached hydrogens (tertiary/aromatic N) is 2. The number of thiazole rings is 2. The summed E-state index contributed by atoms with van der Waals surface area (Å²) in [6.07, 6.45) is 2.03. The van der Waals surface area contributed by atoms with Gasteiger partial charge in [0.2, 0.25) is 0 Å². The summed E-state index contributed by atoms with van der Waals surface area (Å²) in [6, 6.07) is 8.70. The number of anilines is 2. The molecule has 0 aliphatic rings. The summed E-state index contributed by atoms with van der Waals surface area (Å²) in [4.78, 5) is 7.92. The normalized spacial score (nSPS) is 11.6. The average molecular weight is 495 g/mol. The predicted molar refractivity (Wildman–Crippen MR) is 124 cm³/mol. The van der Waals surface area contributed by atoms with Crippen LogP contribution in [0, 0.1) is 12.7 Å². The van der Waals surface area contributed by atoms with Gasteiger partial charge in [-0.25, -0.2) is 22.8 Å². The molecular weight excluding hydrogens is 479 g/mol. The Hall–Kier alpha value is -2.53. The molecule has 0 spiro atoms. The van der Waals surface area contributed by atoms with Crippen molar-refractivity contribution in [1.82, 2.24) is 9.97 Å². The first kappa shape index (κ1) is 21.7. The van der Waals surface area contributed by atoms with E-state index in [1.54, 1.807) is 24.4 Å². The number of nitrogens with two attached hydrogens (primary N) is 1. The van der Waals surface area contributed by atoms with Crippen molar-refractivity contribution in [1.29, 1.82) is 0 Å². The van der Waals surface area contributed by atoms with Gasteiger partial charge in [0.1, 0.15) is 9.90 Å². The maximum absolute atomic E-state index is 15.0. The number of hydrogen-bond donors (Lipinski definition) is 2. The smallest absolute Gasteiger partial charge is 0.266 e. The SMILES string of the molecule is Cc1cc(S(=O)(=O)Nc2nccs2)c(F)c(N)c1-c1nc(Cc2ccc(Cl)cc2)cs1. The largest absolute Gasteiger partial charge is 0.396 e. The van der Waals surface area contributed by atoms with E-state index in [4.69, 9.17) is 17.3 Å². The molecular formula is C20H16ClFN4O2S3. The van der Waals surface area contributed by atoms with Gasteiger partial charge in [0, 0.05) is 34.0 Å². The molecule has 0 saturated carbocycles. The molecule has 2 aromatic carbocycles. The third-order valence-electron chi connectivity index (χ3n) is 4.47. The van der Waals surface area contributed by atoms with Crippen molar-refractivity contribution >= 4 is 55.1 Å². The van der Waals surface area contributed by atoms with Crippen LogP contribution in [0.3, 0.4) is 0 Å². The summed E-state index contributed by atoms with van der Waals surface area (Å²) in [6.45, 7) is 1.67. The van der Waals surface area contributed by atoms with Gasteiger partial charge in [-0.1, -0.05) is 23.7 Å². The number of halogens is 2. The molecule has 4 aromatic rings. The summed E-state index contributed by atoms with van der Waals surface area (Å²) in [7, 11) is -4.18. The van der Waals surface area contributed by atoms with E-state index in [1.165, 1.54) is 23.6 Å². The Bertz CT molecular complexity index is 1340. The lowest BCUT2D eigenvalue weighted by Crippen LogP contribution is -2.16. The number of aryl methyl sites for hydroxylation is 1. The first-order valence-corrected chi connectivity index (χ1v) is 12.6. The molecule has 6 nitrogen and oxygen atoms in total. The summed E-state index contributed by atoms with van der Waals surface area (Å²) in [5.41, 5.74) is 8.50. The lowest BCUT2D eigenvalue weighted by Gasteiger charge is -2.13. The van der Waals surface area contributed by atoms with Gasteiger partial charge in [-0.3, -0.25) is 4.72 Å². The van der Waals surface area contributed by atoms with Crippen molar-refractivity contribution in [3.8, 4) is 10.6 Å². The Morgan fingerprint density at radius 3 is 2.65 bits per heavy atom. The highest BCUT2D eigenvalue weighted by Crippen LogP contribution is 2.37. The minimum absolute atomic E-state index is 0.145. The van der Waals surface area contributed by atoms with E-state index in [1.807, 2.05) is 17.5 Å². The fourth-order valence-corrected chi connectivity index (χ4v) is 6.06. The molecule has 0 fully saturated rings. The van der Waals surface area contributed by atoms with Gasteiger partial charge < -0.3 is 5.73 Å². The van der Waals surface area contributed by atoms with Gasteiger partial charge in [-0.2, -0.15) is 0 Å². The van der Waals surface area contributed by atoms with E-state index in [9.17, 15) is 8.42 Å². The highest BCUT2D eigenvalue weighted by atomic mass is 35.5. The Kier molecular flexibility index (Phi) is 5.98. The molecule has 3 N–H and O–H groups in total. The zero-order valence-corrected chi connectivity index (χ0v) is 19.3. The van der Waals surface area contributed by atoms with Gasteiger partial charge in [0.05, 0.1) is 11.4 Å². The summed E-state index contributed by atoms with van der Waals surface area (Å²) < 4.78 is 42.6. The van der Waals surface area contributed by atoms with Crippen molar-refractivity contribution in [3.05, 3.63) is 74.9 Å². The molecule has 0 amide bonds. The van der Waals surface area contributed by atoms with Crippen LogP contribution in [0.25, 0.3) is 10.6 Å². The molecule has 2 heterocycles. The standard InChI is InChI=1S/C20H16ClFN4O2S3/c1-11-8-15(31(27,28)26-20-24-6-7-29-20)17(22)18(23)16(11)19-25-14(10-30-19)9-12-2-4-13(21)5-3-12/h2-8,10H,9,23H2,1H3,(H,24,26). The van der Waals surface area contributed by atoms with Crippen LogP contribution in [0.4, 0.5) is 15.2 Å². The third-order valence-corrected chi connectivity index (χ3v) is 7.79. The Labute approximate surface area is 191 Å². The molecule has 0 saturated heterocycles. The maximum atomic E-state index is 15.0. The Morgan fingerprint density at radius 2 is 1.97 bits per heavy atom. The molecule has 0 aliphatic heterocycles. The third kappa shape index (κ3) is 4.57. The number of aromatic nitrogens is 2. The van der Waals surface area contributed by atoms with Crippen LogP contribution in [0.15, 0.2) is 52.2 Å². The zero-order chi connectivity index (χ0) is 22.2. The van der Waals surface area contributed by atoms with Gasteiger partial charge in [0.25, 0.3) is 10.0 Å². The predicted octanol–water partition coefficient (Wildman–Crippen LogP) is 5.34. The lowest BCUT2D eigenvalue weighted by molar-refractivity contribution is 0.572. The highest BCUT2D eigenvalue weighted by molar-refractivity contribution is 7.93. The van der Waals surface area contributed by atoms with E-state index < -0.39 is 20.7 Å². The fraction of sp³-hybridized carbons (Fsp3) is 0.100. The van der Waals surface area contributed by atoms with Crippen LogP contribution < -0.4 is 10.5 Å². The van der Waals surface area contributed by atoms with Gasteiger partial charge >= 0.3 is 0 Å². The molecule has 0 atom stereocenters. The van der Waals surface area contributed by atoms with E-state index in [0.717, 1.165) is 22.6 Å². The molecule has 4 rings (SSSR count). The van der Waals surface area contributed by atoms with Crippen LogP contribution >= 0.6 is 34.3 Å². The van der Waals surface area contributed by atoms with Crippen molar-refractivity contribution in [2.45, 2.75) is 18.2 Å². The first-order valence-electron chi connectivity index (χ1n) is 8.94. The second kappa shape index (κ2) is 8.54. The monoisotopic (exact) mass is 494 g/mol. The van der Waals surface area contributed by atoms with Crippen LogP contribution in [0.2, 0.25) is 5.02 Å². The average Bonchev–Trinajstić information content (AvgIpc) is 3.38. The first-order chi connectivity index (χ1) is 14.7. The van der Waals surface area contributed by atoms with Crippen molar-refractivity contribution in [2.24, 2.45) is 0 Å². The van der Waals surface area contributed by atoms with Crippen LogP contribution in [-0.4, -0.2) is 18.4 Å². The summed E-state index contributed by atoms with van der Waals surface area (Å²) in [5, 5.41) is 4.80. The topological polar surface area (TPSA) is 98.0 Å². The Morgan fingerprint density at radius 1 is 1.23 bits per heavy atom. The van der Waals surface area contributed by atoms with Gasteiger partial charge in [0.15, 0.2) is 10.9 Å². The number of rotatable bonds is 6. The van der Waals surface area contributed by atoms with E-state index in [2.05, 4.69) is 14.7 Å². The molecule has 31 heavy (non-hydrogen) atoms. The zero-order valence-electron chi connectivity index (χ0n) is 16.1.